The van der Waals surface area contributed by atoms with Crippen LogP contribution in [0.5, 0.6) is 0 Å². The third-order valence-electron chi connectivity index (χ3n) is 9.64. The maximum absolute atomic E-state index is 2.52. The molecule has 0 fully saturated rings. The summed E-state index contributed by atoms with van der Waals surface area (Å²) in [4.78, 5) is 2.52. The van der Waals surface area contributed by atoms with Gasteiger partial charge in [-0.1, -0.05) is 133 Å². The second-order valence-electron chi connectivity index (χ2n) is 12.5. The van der Waals surface area contributed by atoms with E-state index in [0.29, 0.717) is 0 Å². The molecule has 49 heavy (non-hydrogen) atoms. The summed E-state index contributed by atoms with van der Waals surface area (Å²) in [6.07, 6.45) is 0. The topological polar surface area (TPSA) is 3.24 Å². The molecule has 0 aliphatic rings. The molecule has 10 aromatic rings. The van der Waals surface area contributed by atoms with Gasteiger partial charge in [0.2, 0.25) is 0 Å². The average Bonchev–Trinajstić information content (AvgIpc) is 3.75. The molecule has 0 saturated carbocycles. The highest BCUT2D eigenvalue weighted by Gasteiger charge is 2.24. The van der Waals surface area contributed by atoms with E-state index in [9.17, 15) is 0 Å². The van der Waals surface area contributed by atoms with Crippen LogP contribution in [0.2, 0.25) is 0 Å². The highest BCUT2D eigenvalue weighted by Crippen LogP contribution is 2.51. The summed E-state index contributed by atoms with van der Waals surface area (Å²) < 4.78 is 5.20. The van der Waals surface area contributed by atoms with Crippen molar-refractivity contribution >= 4 is 90.9 Å². The van der Waals surface area contributed by atoms with Crippen molar-refractivity contribution in [2.45, 2.75) is 0 Å². The van der Waals surface area contributed by atoms with Crippen molar-refractivity contribution in [3.05, 3.63) is 176 Å². The zero-order valence-electron chi connectivity index (χ0n) is 26.5. The molecule has 0 radical (unpaired) electrons. The van der Waals surface area contributed by atoms with E-state index in [0.717, 1.165) is 5.69 Å². The summed E-state index contributed by atoms with van der Waals surface area (Å²) in [6, 6.07) is 64.4. The van der Waals surface area contributed by atoms with Crippen LogP contribution < -0.4 is 4.90 Å². The number of anilines is 3. The first-order chi connectivity index (χ1) is 24.3. The van der Waals surface area contributed by atoms with Gasteiger partial charge in [-0.2, -0.15) is 0 Å². The summed E-state index contributed by atoms with van der Waals surface area (Å²) >= 11 is 3.77. The van der Waals surface area contributed by atoms with Crippen molar-refractivity contribution in [1.82, 2.24) is 0 Å². The van der Waals surface area contributed by atoms with Gasteiger partial charge in [0.1, 0.15) is 0 Å². The van der Waals surface area contributed by atoms with E-state index in [2.05, 4.69) is 181 Å². The summed E-state index contributed by atoms with van der Waals surface area (Å²) in [5, 5.41) is 7.62. The molecule has 0 aliphatic heterocycles. The van der Waals surface area contributed by atoms with Crippen LogP contribution in [0.15, 0.2) is 176 Å². The Morgan fingerprint density at radius 3 is 1.92 bits per heavy atom. The van der Waals surface area contributed by atoms with Gasteiger partial charge in [-0.05, 0) is 75.5 Å². The van der Waals surface area contributed by atoms with Gasteiger partial charge < -0.3 is 4.90 Å². The predicted octanol–water partition coefficient (Wildman–Crippen LogP) is 14.4. The Hall–Kier alpha value is -5.74. The smallest absolute Gasteiger partial charge is 0.0555 e. The molecule has 2 aromatic heterocycles. The molecule has 0 atom stereocenters. The fourth-order valence-electron chi connectivity index (χ4n) is 7.37. The van der Waals surface area contributed by atoms with Gasteiger partial charge >= 0.3 is 0 Å². The predicted molar refractivity (Wildman–Crippen MR) is 215 cm³/mol. The first-order valence-electron chi connectivity index (χ1n) is 16.6. The molecule has 8 aromatic carbocycles. The van der Waals surface area contributed by atoms with Crippen LogP contribution in [0.4, 0.5) is 17.1 Å². The van der Waals surface area contributed by atoms with Crippen LogP contribution in [-0.2, 0) is 0 Å². The summed E-state index contributed by atoms with van der Waals surface area (Å²) in [5.41, 5.74) is 8.52. The lowest BCUT2D eigenvalue weighted by Crippen LogP contribution is -2.11. The van der Waals surface area contributed by atoms with Gasteiger partial charge in [0.25, 0.3) is 0 Å². The highest BCUT2D eigenvalue weighted by molar-refractivity contribution is 7.26. The maximum Gasteiger partial charge on any atom is 0.0555 e. The molecule has 1 nitrogen and oxygen atoms in total. The molecule has 3 heteroatoms. The van der Waals surface area contributed by atoms with E-state index in [4.69, 9.17) is 0 Å². The van der Waals surface area contributed by atoms with Crippen molar-refractivity contribution in [2.24, 2.45) is 0 Å². The normalized spacial score (nSPS) is 11.7. The maximum atomic E-state index is 2.52. The zero-order chi connectivity index (χ0) is 32.3. The molecule has 2 heterocycles. The number of hydrogen-bond donors (Lipinski definition) is 0. The van der Waals surface area contributed by atoms with Crippen LogP contribution in [0.25, 0.3) is 73.4 Å². The van der Waals surface area contributed by atoms with Crippen LogP contribution in [0, 0.1) is 0 Å². The zero-order valence-corrected chi connectivity index (χ0v) is 28.1. The lowest BCUT2D eigenvalue weighted by Gasteiger charge is -2.28. The molecule has 0 N–H and O–H groups in total. The van der Waals surface area contributed by atoms with Crippen molar-refractivity contribution in [1.29, 1.82) is 0 Å². The first-order valence-corrected chi connectivity index (χ1v) is 18.2. The van der Waals surface area contributed by atoms with Crippen molar-refractivity contribution in [3.8, 4) is 22.3 Å². The van der Waals surface area contributed by atoms with Crippen molar-refractivity contribution < 1.29 is 0 Å². The van der Waals surface area contributed by atoms with Gasteiger partial charge in [0.05, 0.1) is 11.4 Å². The van der Waals surface area contributed by atoms with Crippen molar-refractivity contribution in [2.75, 3.05) is 4.90 Å². The fraction of sp³-hybridized carbons (Fsp3) is 0. The number of thiophene rings is 2. The number of rotatable bonds is 5. The minimum absolute atomic E-state index is 1.15. The molecule has 230 valence electrons. The Labute approximate surface area is 292 Å². The quantitative estimate of drug-likeness (QED) is 0.178. The van der Waals surface area contributed by atoms with E-state index in [-0.39, 0.29) is 0 Å². The lowest BCUT2D eigenvalue weighted by molar-refractivity contribution is 1.33. The highest BCUT2D eigenvalue weighted by atomic mass is 32.1. The molecule has 10 rings (SSSR count). The van der Waals surface area contributed by atoms with E-state index >= 15 is 0 Å². The molecule has 0 aliphatic carbocycles. The third-order valence-corrected chi connectivity index (χ3v) is 12.0. The standard InChI is InChI=1S/C46H29NS2/c1-3-12-30(13-4-1)34-23-25-38-43(29-34)48-42-21-11-19-39(44(38)42)47(35-24-22-31-14-7-8-17-33(31)28-35)40-27-26-36(32-15-5-2-6-16-32)46-45(40)37-18-9-10-20-41(37)49-46/h1-29H. The Morgan fingerprint density at radius 2 is 1.06 bits per heavy atom. The largest absolute Gasteiger partial charge is 0.309 e. The van der Waals surface area contributed by atoms with E-state index in [1.807, 2.05) is 22.7 Å². The molecular weight excluding hydrogens is 631 g/mol. The van der Waals surface area contributed by atoms with Crippen LogP contribution in [0.1, 0.15) is 0 Å². The third kappa shape index (κ3) is 4.66. The molecule has 0 saturated heterocycles. The van der Waals surface area contributed by atoms with Gasteiger partial charge in [-0.15, -0.1) is 22.7 Å². The second kappa shape index (κ2) is 11.5. The molecule has 0 spiro atoms. The van der Waals surface area contributed by atoms with Gasteiger partial charge in [0, 0.05) is 46.0 Å². The Kier molecular flexibility index (Phi) is 6.61. The fourth-order valence-corrected chi connectivity index (χ4v) is 9.79. The Morgan fingerprint density at radius 1 is 0.367 bits per heavy atom. The van der Waals surface area contributed by atoms with Crippen LogP contribution in [0.3, 0.4) is 0 Å². The van der Waals surface area contributed by atoms with E-state index in [1.165, 1.54) is 84.7 Å². The minimum atomic E-state index is 1.15. The Bertz CT molecular complexity index is 2830. The lowest BCUT2D eigenvalue weighted by atomic mass is 9.99. The van der Waals surface area contributed by atoms with Crippen LogP contribution in [-0.4, -0.2) is 0 Å². The number of nitrogens with zero attached hydrogens (tertiary/aromatic N) is 1. The second-order valence-corrected chi connectivity index (χ2v) is 14.6. The Balaban J connectivity index is 1.29. The SMILES string of the molecule is c1ccc(-c2ccc3c(c2)sc2cccc(N(c4ccc5ccccc5c4)c4ccc(-c5ccccc5)c5sc6ccccc6c45)c23)cc1. The van der Waals surface area contributed by atoms with Gasteiger partial charge in [-0.25, -0.2) is 0 Å². The molecule has 0 unspecified atom stereocenters. The number of benzene rings is 8. The molecule has 0 bridgehead atoms. The van der Waals surface area contributed by atoms with Crippen LogP contribution >= 0.6 is 22.7 Å². The monoisotopic (exact) mass is 659 g/mol. The number of hydrogen-bond acceptors (Lipinski definition) is 3. The number of fused-ring (bicyclic) bond motifs is 7. The summed E-state index contributed by atoms with van der Waals surface area (Å²) in [6.45, 7) is 0. The molecular formula is C46H29NS2. The van der Waals surface area contributed by atoms with Crippen molar-refractivity contribution in [3.63, 3.8) is 0 Å². The summed E-state index contributed by atoms with van der Waals surface area (Å²) in [7, 11) is 0. The van der Waals surface area contributed by atoms with E-state index < -0.39 is 0 Å². The van der Waals surface area contributed by atoms with E-state index in [1.54, 1.807) is 0 Å². The van der Waals surface area contributed by atoms with Gasteiger partial charge in [-0.3, -0.25) is 0 Å². The average molecular weight is 660 g/mol. The molecule has 0 amide bonds. The first kappa shape index (κ1) is 28.3. The minimum Gasteiger partial charge on any atom is -0.309 e. The summed E-state index contributed by atoms with van der Waals surface area (Å²) in [5.74, 6) is 0. The van der Waals surface area contributed by atoms with Gasteiger partial charge in [0.15, 0.2) is 0 Å².